The molecule has 0 aliphatic carbocycles. The van der Waals surface area contributed by atoms with Gasteiger partial charge in [0.2, 0.25) is 5.91 Å². The van der Waals surface area contributed by atoms with Crippen LogP contribution < -0.4 is 10.0 Å². The maximum atomic E-state index is 13.2. The number of para-hydroxylation sites is 4. The predicted octanol–water partition coefficient (Wildman–Crippen LogP) is 4.48. The van der Waals surface area contributed by atoms with Crippen molar-refractivity contribution >= 4 is 50.1 Å². The highest BCUT2D eigenvalue weighted by atomic mass is 32.2. The molecule has 1 aromatic heterocycles. The molecule has 0 radical (unpaired) electrons. The van der Waals surface area contributed by atoms with Gasteiger partial charge in [0.1, 0.15) is 18.2 Å². The highest BCUT2D eigenvalue weighted by Crippen LogP contribution is 2.25. The molecule has 1 heterocycles. The Kier molecular flexibility index (Phi) is 6.66. The van der Waals surface area contributed by atoms with Crippen LogP contribution in [0.4, 0.5) is 15.8 Å². The summed E-state index contributed by atoms with van der Waals surface area (Å²) in [5, 5.41) is 2.78. The number of carbonyl (C=O) groups excluding carboxylic acids is 1. The van der Waals surface area contributed by atoms with Crippen molar-refractivity contribution in [2.75, 3.05) is 16.3 Å². The Morgan fingerprint density at radius 3 is 2.39 bits per heavy atom. The molecule has 1 amide bonds. The third-order valence-corrected chi connectivity index (χ3v) is 6.81. The summed E-state index contributed by atoms with van der Waals surface area (Å²) in [6, 6.07) is 18.6. The Bertz CT molecular complexity index is 1400. The molecule has 4 rings (SSSR count). The molecule has 0 bridgehead atoms. The van der Waals surface area contributed by atoms with Gasteiger partial charge in [-0.2, -0.15) is 11.8 Å². The number of aromatic nitrogens is 2. The fourth-order valence-corrected chi connectivity index (χ4v) is 4.93. The number of hydrogen-bond acceptors (Lipinski definition) is 5. The molecule has 0 spiro atoms. The fraction of sp³-hybridized carbons (Fsp3) is 0.130. The van der Waals surface area contributed by atoms with Crippen molar-refractivity contribution in [2.45, 2.75) is 17.2 Å². The summed E-state index contributed by atoms with van der Waals surface area (Å²) in [6.07, 6.45) is 1.97. The molecule has 0 saturated heterocycles. The van der Waals surface area contributed by atoms with Gasteiger partial charge in [-0.15, -0.1) is 0 Å². The number of imidazole rings is 1. The van der Waals surface area contributed by atoms with E-state index in [1.165, 1.54) is 12.1 Å². The smallest absolute Gasteiger partial charge is 0.261 e. The third-order valence-electron chi connectivity index (χ3n) is 4.88. The van der Waals surface area contributed by atoms with Crippen LogP contribution in [0.3, 0.4) is 0 Å². The summed E-state index contributed by atoms with van der Waals surface area (Å²) in [7, 11) is -3.97. The lowest BCUT2D eigenvalue weighted by Gasteiger charge is -2.14. The Morgan fingerprint density at radius 1 is 1.00 bits per heavy atom. The minimum Gasteiger partial charge on any atom is -0.323 e. The number of carbonyl (C=O) groups is 1. The van der Waals surface area contributed by atoms with E-state index in [1.54, 1.807) is 36.0 Å². The zero-order valence-corrected chi connectivity index (χ0v) is 19.3. The lowest BCUT2D eigenvalue weighted by atomic mass is 10.2. The number of nitrogens with zero attached hydrogens (tertiary/aromatic N) is 2. The molecular formula is C23H21FN4O3S2. The molecule has 33 heavy (non-hydrogen) atoms. The third kappa shape index (κ3) is 5.18. The zero-order valence-electron chi connectivity index (χ0n) is 17.7. The summed E-state index contributed by atoms with van der Waals surface area (Å²) in [4.78, 5) is 17.4. The van der Waals surface area contributed by atoms with Crippen LogP contribution in [0.5, 0.6) is 0 Å². The number of benzene rings is 3. The average molecular weight is 485 g/mol. The van der Waals surface area contributed by atoms with Gasteiger partial charge >= 0.3 is 0 Å². The summed E-state index contributed by atoms with van der Waals surface area (Å²) in [6.45, 7) is 0.0233. The molecule has 2 N–H and O–H groups in total. The van der Waals surface area contributed by atoms with E-state index in [0.717, 1.165) is 29.0 Å². The largest absolute Gasteiger partial charge is 0.323 e. The Balaban J connectivity index is 1.56. The molecule has 0 unspecified atom stereocenters. The number of halogens is 1. The zero-order chi connectivity index (χ0) is 23.4. The van der Waals surface area contributed by atoms with Gasteiger partial charge in [-0.1, -0.05) is 24.3 Å². The molecule has 0 fully saturated rings. The number of thioether (sulfide) groups is 1. The quantitative estimate of drug-likeness (QED) is 0.385. The number of rotatable bonds is 8. The van der Waals surface area contributed by atoms with Gasteiger partial charge < -0.3 is 9.88 Å². The standard InChI is InChI=1S/C23H21FN4O3S2/c1-32-15-22-25-20-8-4-5-9-21(20)28(22)14-23(29)26-18-6-2-3-7-19(18)27-33(30,31)17-12-10-16(24)11-13-17/h2-13,27H,14-15H2,1H3,(H,26,29). The van der Waals surface area contributed by atoms with Crippen molar-refractivity contribution in [1.29, 1.82) is 0 Å². The molecule has 0 atom stereocenters. The van der Waals surface area contributed by atoms with Crippen LogP contribution in [0.25, 0.3) is 11.0 Å². The number of sulfonamides is 1. The van der Waals surface area contributed by atoms with Crippen LogP contribution >= 0.6 is 11.8 Å². The van der Waals surface area contributed by atoms with Crippen LogP contribution in [0, 0.1) is 5.82 Å². The van der Waals surface area contributed by atoms with Gasteiger partial charge in [0, 0.05) is 0 Å². The fourth-order valence-electron chi connectivity index (χ4n) is 3.37. The van der Waals surface area contributed by atoms with E-state index in [9.17, 15) is 17.6 Å². The topological polar surface area (TPSA) is 93.1 Å². The molecule has 0 aliphatic rings. The van der Waals surface area contributed by atoms with Crippen molar-refractivity contribution in [3.8, 4) is 0 Å². The molecular weight excluding hydrogens is 463 g/mol. The van der Waals surface area contributed by atoms with Crippen LogP contribution in [-0.2, 0) is 27.1 Å². The first-order valence-corrected chi connectivity index (χ1v) is 12.9. The monoisotopic (exact) mass is 484 g/mol. The highest BCUT2D eigenvalue weighted by molar-refractivity contribution is 7.97. The number of amides is 1. The minimum absolute atomic E-state index is 0.0233. The van der Waals surface area contributed by atoms with Gasteiger partial charge in [-0.25, -0.2) is 17.8 Å². The number of nitrogens with one attached hydrogen (secondary N) is 2. The summed E-state index contributed by atoms with van der Waals surface area (Å²) < 4.78 is 42.9. The molecule has 0 saturated carbocycles. The maximum absolute atomic E-state index is 13.2. The van der Waals surface area contributed by atoms with Crippen LogP contribution in [0.2, 0.25) is 0 Å². The van der Waals surface area contributed by atoms with Gasteiger partial charge in [0.05, 0.1) is 33.1 Å². The van der Waals surface area contributed by atoms with Crippen LogP contribution in [0.1, 0.15) is 5.82 Å². The summed E-state index contributed by atoms with van der Waals surface area (Å²) in [5.41, 5.74) is 2.17. The lowest BCUT2D eigenvalue weighted by molar-refractivity contribution is -0.116. The normalized spacial score (nSPS) is 11.5. The molecule has 0 aliphatic heterocycles. The van der Waals surface area contributed by atoms with Gasteiger partial charge in [-0.3, -0.25) is 9.52 Å². The van der Waals surface area contributed by atoms with Crippen molar-refractivity contribution in [3.05, 3.63) is 84.4 Å². The van der Waals surface area contributed by atoms with Crippen LogP contribution in [-0.4, -0.2) is 30.1 Å². The maximum Gasteiger partial charge on any atom is 0.261 e. The predicted molar refractivity (Wildman–Crippen MR) is 129 cm³/mol. The van der Waals surface area contributed by atoms with E-state index in [-0.39, 0.29) is 23.0 Å². The van der Waals surface area contributed by atoms with Crippen molar-refractivity contribution in [1.82, 2.24) is 9.55 Å². The van der Waals surface area contributed by atoms with E-state index in [4.69, 9.17) is 0 Å². The Labute approximate surface area is 195 Å². The SMILES string of the molecule is CSCc1nc2ccccc2n1CC(=O)Nc1ccccc1NS(=O)(=O)c1ccc(F)cc1. The van der Waals surface area contributed by atoms with Gasteiger partial charge in [0.25, 0.3) is 10.0 Å². The van der Waals surface area contributed by atoms with Gasteiger partial charge in [0.15, 0.2) is 0 Å². The Hall–Kier alpha value is -3.37. The first kappa shape index (κ1) is 22.8. The van der Waals surface area contributed by atoms with E-state index in [2.05, 4.69) is 15.0 Å². The summed E-state index contributed by atoms with van der Waals surface area (Å²) >= 11 is 1.61. The average Bonchev–Trinajstić information content (AvgIpc) is 3.12. The number of fused-ring (bicyclic) bond motifs is 1. The lowest BCUT2D eigenvalue weighted by Crippen LogP contribution is -2.21. The first-order valence-electron chi connectivity index (χ1n) is 9.98. The van der Waals surface area contributed by atoms with E-state index < -0.39 is 15.8 Å². The highest BCUT2D eigenvalue weighted by Gasteiger charge is 2.18. The van der Waals surface area contributed by atoms with Gasteiger partial charge in [-0.05, 0) is 54.8 Å². The summed E-state index contributed by atoms with van der Waals surface area (Å²) in [5.74, 6) is 0.572. The van der Waals surface area contributed by atoms with Crippen molar-refractivity contribution in [2.24, 2.45) is 0 Å². The first-order chi connectivity index (χ1) is 15.9. The molecule has 10 heteroatoms. The van der Waals surface area contributed by atoms with E-state index >= 15 is 0 Å². The van der Waals surface area contributed by atoms with E-state index in [0.29, 0.717) is 11.4 Å². The second-order valence-corrected chi connectivity index (χ2v) is 9.74. The molecule has 170 valence electrons. The molecule has 3 aromatic carbocycles. The molecule has 4 aromatic rings. The van der Waals surface area contributed by atoms with E-state index in [1.807, 2.05) is 35.1 Å². The van der Waals surface area contributed by atoms with Crippen molar-refractivity contribution < 1.29 is 17.6 Å². The number of hydrogen-bond donors (Lipinski definition) is 2. The van der Waals surface area contributed by atoms with Crippen molar-refractivity contribution in [3.63, 3.8) is 0 Å². The minimum atomic E-state index is -3.97. The second kappa shape index (κ2) is 9.63. The second-order valence-electron chi connectivity index (χ2n) is 7.19. The number of anilines is 2. The Morgan fingerprint density at radius 2 is 1.67 bits per heavy atom. The van der Waals surface area contributed by atoms with Crippen LogP contribution in [0.15, 0.2) is 77.7 Å². The molecule has 7 nitrogen and oxygen atoms in total.